The minimum absolute atomic E-state index is 0.00197. The van der Waals surface area contributed by atoms with E-state index in [9.17, 15) is 4.79 Å². The summed E-state index contributed by atoms with van der Waals surface area (Å²) >= 11 is 0. The van der Waals surface area contributed by atoms with Crippen molar-refractivity contribution in [3.8, 4) is 5.75 Å². The number of para-hydroxylation sites is 1. The molecule has 2 atom stereocenters. The number of hydrogen-bond acceptors (Lipinski definition) is 3. The number of nitrogens with two attached hydrogens (primary N) is 1. The van der Waals surface area contributed by atoms with E-state index in [-0.39, 0.29) is 11.9 Å². The molecule has 1 heterocycles. The van der Waals surface area contributed by atoms with Gasteiger partial charge in [0.05, 0.1) is 11.6 Å². The predicted octanol–water partition coefficient (Wildman–Crippen LogP) is 1.62. The monoisotopic (exact) mass is 262 g/mol. The average molecular weight is 262 g/mol. The summed E-state index contributed by atoms with van der Waals surface area (Å²) in [6, 6.07) is 7.92. The predicted molar refractivity (Wildman–Crippen MR) is 75.1 cm³/mol. The molecule has 104 valence electrons. The summed E-state index contributed by atoms with van der Waals surface area (Å²) in [5, 5.41) is 3.00. The Morgan fingerprint density at radius 1 is 1.53 bits per heavy atom. The number of benzene rings is 1. The molecule has 0 spiro atoms. The quantitative estimate of drug-likeness (QED) is 0.866. The molecule has 19 heavy (non-hydrogen) atoms. The van der Waals surface area contributed by atoms with E-state index in [4.69, 9.17) is 10.5 Å². The number of carbonyl (C=O) groups is 1. The highest BCUT2D eigenvalue weighted by Gasteiger charge is 2.30. The van der Waals surface area contributed by atoms with Gasteiger partial charge < -0.3 is 15.8 Å². The van der Waals surface area contributed by atoms with Crippen molar-refractivity contribution in [3.05, 3.63) is 29.8 Å². The third-order valence-corrected chi connectivity index (χ3v) is 3.50. The standard InChI is InChI=1S/C15H22N2O2/c1-3-8-15(2,16)14(18)17-12-9-11-6-4-5-7-13(11)19-10-12/h4-7,12H,3,8-10,16H2,1-2H3,(H,17,18). The molecule has 0 aliphatic carbocycles. The highest BCUT2D eigenvalue weighted by Crippen LogP contribution is 2.24. The van der Waals surface area contributed by atoms with Gasteiger partial charge in [-0.25, -0.2) is 0 Å². The fourth-order valence-electron chi connectivity index (χ4n) is 2.40. The molecule has 2 unspecified atom stereocenters. The topological polar surface area (TPSA) is 64.4 Å². The number of ether oxygens (including phenoxy) is 1. The molecular formula is C15H22N2O2. The Hall–Kier alpha value is -1.55. The van der Waals surface area contributed by atoms with Crippen LogP contribution in [0.15, 0.2) is 24.3 Å². The molecule has 3 N–H and O–H groups in total. The Morgan fingerprint density at radius 3 is 3.00 bits per heavy atom. The maximum atomic E-state index is 12.1. The second-order valence-corrected chi connectivity index (χ2v) is 5.46. The van der Waals surface area contributed by atoms with E-state index in [0.29, 0.717) is 13.0 Å². The number of carbonyl (C=O) groups excluding carboxylic acids is 1. The first-order valence-corrected chi connectivity index (χ1v) is 6.83. The lowest BCUT2D eigenvalue weighted by Crippen LogP contribution is -2.56. The first-order valence-electron chi connectivity index (χ1n) is 6.83. The zero-order chi connectivity index (χ0) is 13.9. The summed E-state index contributed by atoms with van der Waals surface area (Å²) in [4.78, 5) is 12.1. The Balaban J connectivity index is 1.97. The lowest BCUT2D eigenvalue weighted by molar-refractivity contribution is -0.127. The number of amides is 1. The van der Waals surface area contributed by atoms with E-state index in [1.54, 1.807) is 6.92 Å². The van der Waals surface area contributed by atoms with Gasteiger partial charge in [-0.2, -0.15) is 0 Å². The van der Waals surface area contributed by atoms with Crippen LogP contribution in [0.3, 0.4) is 0 Å². The second-order valence-electron chi connectivity index (χ2n) is 5.46. The van der Waals surface area contributed by atoms with Gasteiger partial charge in [-0.15, -0.1) is 0 Å². The van der Waals surface area contributed by atoms with E-state index in [1.165, 1.54) is 0 Å². The van der Waals surface area contributed by atoms with Crippen LogP contribution in [-0.4, -0.2) is 24.1 Å². The zero-order valence-electron chi connectivity index (χ0n) is 11.6. The Labute approximate surface area is 114 Å². The molecule has 1 aliphatic rings. The molecule has 0 fully saturated rings. The van der Waals surface area contributed by atoms with Gasteiger partial charge in [-0.1, -0.05) is 31.5 Å². The Morgan fingerprint density at radius 2 is 2.26 bits per heavy atom. The van der Waals surface area contributed by atoms with Crippen LogP contribution in [0.4, 0.5) is 0 Å². The molecule has 0 saturated carbocycles. The first-order chi connectivity index (χ1) is 9.03. The molecule has 1 aromatic carbocycles. The minimum atomic E-state index is -0.800. The Bertz CT molecular complexity index is 457. The maximum absolute atomic E-state index is 12.1. The van der Waals surface area contributed by atoms with Crippen molar-refractivity contribution < 1.29 is 9.53 Å². The number of rotatable bonds is 4. The lowest BCUT2D eigenvalue weighted by Gasteiger charge is -2.30. The fraction of sp³-hybridized carbons (Fsp3) is 0.533. The smallest absolute Gasteiger partial charge is 0.240 e. The number of fused-ring (bicyclic) bond motifs is 1. The van der Waals surface area contributed by atoms with Crippen LogP contribution in [0, 0.1) is 0 Å². The van der Waals surface area contributed by atoms with E-state index < -0.39 is 5.54 Å². The summed E-state index contributed by atoms with van der Waals surface area (Å²) < 4.78 is 5.65. The van der Waals surface area contributed by atoms with E-state index in [1.807, 2.05) is 31.2 Å². The van der Waals surface area contributed by atoms with Crippen LogP contribution in [0.1, 0.15) is 32.3 Å². The number of hydrogen-bond donors (Lipinski definition) is 2. The summed E-state index contributed by atoms with van der Waals surface area (Å²) in [6.45, 7) is 4.31. The third-order valence-electron chi connectivity index (χ3n) is 3.50. The van der Waals surface area contributed by atoms with Gasteiger partial charge in [0.2, 0.25) is 5.91 Å². The molecule has 0 aromatic heterocycles. The van der Waals surface area contributed by atoms with Crippen molar-refractivity contribution in [1.29, 1.82) is 0 Å². The molecule has 4 heteroatoms. The number of nitrogens with one attached hydrogen (secondary N) is 1. The van der Waals surface area contributed by atoms with Crippen LogP contribution < -0.4 is 15.8 Å². The minimum Gasteiger partial charge on any atom is -0.491 e. The van der Waals surface area contributed by atoms with Crippen molar-refractivity contribution in [1.82, 2.24) is 5.32 Å². The summed E-state index contributed by atoms with van der Waals surface area (Å²) in [5.74, 6) is 0.819. The molecule has 1 aromatic rings. The summed E-state index contributed by atoms with van der Waals surface area (Å²) in [6.07, 6.45) is 2.37. The highest BCUT2D eigenvalue weighted by molar-refractivity contribution is 5.85. The maximum Gasteiger partial charge on any atom is 0.240 e. The van der Waals surface area contributed by atoms with Gasteiger partial charge in [0, 0.05) is 0 Å². The van der Waals surface area contributed by atoms with Crippen molar-refractivity contribution in [2.24, 2.45) is 5.73 Å². The van der Waals surface area contributed by atoms with E-state index in [0.717, 1.165) is 24.2 Å². The molecular weight excluding hydrogens is 240 g/mol. The van der Waals surface area contributed by atoms with Crippen LogP contribution in [0.2, 0.25) is 0 Å². The van der Waals surface area contributed by atoms with Gasteiger partial charge >= 0.3 is 0 Å². The fourth-order valence-corrected chi connectivity index (χ4v) is 2.40. The Kier molecular flexibility index (Phi) is 4.10. The van der Waals surface area contributed by atoms with Crippen molar-refractivity contribution in [2.45, 2.75) is 44.7 Å². The highest BCUT2D eigenvalue weighted by atomic mass is 16.5. The molecule has 1 amide bonds. The van der Waals surface area contributed by atoms with Crippen molar-refractivity contribution in [3.63, 3.8) is 0 Å². The van der Waals surface area contributed by atoms with Gasteiger partial charge in [0.25, 0.3) is 0 Å². The van der Waals surface area contributed by atoms with Gasteiger partial charge in [-0.3, -0.25) is 4.79 Å². The van der Waals surface area contributed by atoms with E-state index >= 15 is 0 Å². The first kappa shape index (κ1) is 13.9. The molecule has 0 bridgehead atoms. The van der Waals surface area contributed by atoms with Crippen LogP contribution in [0.25, 0.3) is 0 Å². The second kappa shape index (κ2) is 5.61. The van der Waals surface area contributed by atoms with E-state index in [2.05, 4.69) is 5.32 Å². The van der Waals surface area contributed by atoms with Crippen LogP contribution in [0.5, 0.6) is 5.75 Å². The normalized spacial score (nSPS) is 20.9. The van der Waals surface area contributed by atoms with Gasteiger partial charge in [-0.05, 0) is 31.4 Å². The molecule has 1 aliphatic heterocycles. The SMILES string of the molecule is CCCC(C)(N)C(=O)NC1COc2ccccc2C1. The summed E-state index contributed by atoms with van der Waals surface area (Å²) in [7, 11) is 0. The summed E-state index contributed by atoms with van der Waals surface area (Å²) in [5.41, 5.74) is 6.36. The molecule has 4 nitrogen and oxygen atoms in total. The van der Waals surface area contributed by atoms with Gasteiger partial charge in [0.15, 0.2) is 0 Å². The lowest BCUT2D eigenvalue weighted by atomic mass is 9.95. The van der Waals surface area contributed by atoms with Crippen molar-refractivity contribution >= 4 is 5.91 Å². The molecule has 2 rings (SSSR count). The molecule has 0 saturated heterocycles. The average Bonchev–Trinajstić information content (AvgIpc) is 2.38. The van der Waals surface area contributed by atoms with Crippen LogP contribution in [-0.2, 0) is 11.2 Å². The molecule has 0 radical (unpaired) electrons. The van der Waals surface area contributed by atoms with Gasteiger partial charge in [0.1, 0.15) is 12.4 Å². The van der Waals surface area contributed by atoms with Crippen molar-refractivity contribution in [2.75, 3.05) is 6.61 Å². The third kappa shape index (κ3) is 3.26. The zero-order valence-corrected chi connectivity index (χ0v) is 11.6. The largest absolute Gasteiger partial charge is 0.491 e. The van der Waals surface area contributed by atoms with Crippen LogP contribution >= 0.6 is 0 Å².